The van der Waals surface area contributed by atoms with E-state index in [0.29, 0.717) is 41.0 Å². The van der Waals surface area contributed by atoms with Crippen molar-refractivity contribution >= 4 is 28.5 Å². The van der Waals surface area contributed by atoms with Crippen molar-refractivity contribution in [1.82, 2.24) is 10.2 Å². The predicted molar refractivity (Wildman–Crippen MR) is 113 cm³/mol. The highest BCUT2D eigenvalue weighted by Gasteiger charge is 2.32. The summed E-state index contributed by atoms with van der Waals surface area (Å²) in [6.07, 6.45) is 0.607. The second-order valence-electron chi connectivity index (χ2n) is 7.54. The average Bonchev–Trinajstić information content (AvgIpc) is 3.26. The average molecular weight is 416 g/mol. The third-order valence-electron chi connectivity index (χ3n) is 5.57. The van der Waals surface area contributed by atoms with Crippen molar-refractivity contribution in [3.63, 3.8) is 0 Å². The second-order valence-corrected chi connectivity index (χ2v) is 7.54. The van der Waals surface area contributed by atoms with Crippen molar-refractivity contribution in [3.8, 4) is 11.5 Å². The third-order valence-corrected chi connectivity index (χ3v) is 5.57. The number of carbonyl (C=O) groups excluding carboxylic acids is 3. The molecule has 2 aliphatic rings. The third kappa shape index (κ3) is 3.48. The molecule has 5 rings (SSSR count). The molecule has 7 heteroatoms. The summed E-state index contributed by atoms with van der Waals surface area (Å²) in [6, 6.07) is 16.4. The van der Waals surface area contributed by atoms with Crippen molar-refractivity contribution < 1.29 is 23.9 Å². The highest BCUT2D eigenvalue weighted by Crippen LogP contribution is 2.32. The van der Waals surface area contributed by atoms with Crippen LogP contribution in [0.15, 0.2) is 54.6 Å². The molecular weight excluding hydrogens is 396 g/mol. The Balaban J connectivity index is 1.18. The molecule has 1 N–H and O–H groups in total. The molecule has 31 heavy (non-hydrogen) atoms. The highest BCUT2D eigenvalue weighted by molar-refractivity contribution is 6.25. The maximum absolute atomic E-state index is 12.9. The van der Waals surface area contributed by atoms with Gasteiger partial charge in [0.1, 0.15) is 0 Å². The largest absolute Gasteiger partial charge is 0.454 e. The number of imide groups is 1. The first-order valence-corrected chi connectivity index (χ1v) is 10.1. The molecule has 0 saturated heterocycles. The van der Waals surface area contributed by atoms with E-state index in [9.17, 15) is 14.4 Å². The summed E-state index contributed by atoms with van der Waals surface area (Å²) in [4.78, 5) is 39.2. The molecule has 2 aliphatic heterocycles. The molecule has 0 aliphatic carbocycles. The molecule has 0 fully saturated rings. The molecule has 0 spiro atoms. The highest BCUT2D eigenvalue weighted by atomic mass is 16.7. The van der Waals surface area contributed by atoms with Gasteiger partial charge in [-0.25, -0.2) is 0 Å². The standard InChI is InChI=1S/C24H20N2O5/c27-21(25-13-15-9-10-19-20(12-15)31-14-30-19)8-3-11-26-23(28)17-6-1-4-16-5-2-7-18(22(16)17)24(26)29/h1-2,4-7,9-10,12H,3,8,11,13-14H2,(H,25,27). The molecular formula is C24H20N2O5. The fourth-order valence-electron chi connectivity index (χ4n) is 4.02. The Morgan fingerprint density at radius 3 is 2.39 bits per heavy atom. The summed E-state index contributed by atoms with van der Waals surface area (Å²) in [7, 11) is 0. The van der Waals surface area contributed by atoms with Crippen LogP contribution in [0.1, 0.15) is 39.1 Å². The van der Waals surface area contributed by atoms with Crippen LogP contribution in [0.5, 0.6) is 11.5 Å². The van der Waals surface area contributed by atoms with Gasteiger partial charge in [0.25, 0.3) is 11.8 Å². The van der Waals surface area contributed by atoms with Crippen molar-refractivity contribution in [2.75, 3.05) is 13.3 Å². The molecule has 0 atom stereocenters. The van der Waals surface area contributed by atoms with Gasteiger partial charge in [-0.2, -0.15) is 0 Å². The number of hydrogen-bond donors (Lipinski definition) is 1. The first-order valence-electron chi connectivity index (χ1n) is 10.1. The number of carbonyl (C=O) groups is 3. The Morgan fingerprint density at radius 1 is 0.935 bits per heavy atom. The number of amides is 3. The van der Waals surface area contributed by atoms with Crippen LogP contribution < -0.4 is 14.8 Å². The Bertz CT molecular complexity index is 1170. The summed E-state index contributed by atoms with van der Waals surface area (Å²) in [5.74, 6) is 0.606. The minimum Gasteiger partial charge on any atom is -0.454 e. The fraction of sp³-hybridized carbons (Fsp3) is 0.208. The number of rotatable bonds is 6. The van der Waals surface area contributed by atoms with Gasteiger partial charge in [-0.3, -0.25) is 19.3 Å². The Hall–Kier alpha value is -3.87. The number of fused-ring (bicyclic) bond motifs is 1. The van der Waals surface area contributed by atoms with Crippen LogP contribution in [0.25, 0.3) is 10.8 Å². The molecule has 3 aromatic rings. The van der Waals surface area contributed by atoms with Crippen LogP contribution in [0, 0.1) is 0 Å². The van der Waals surface area contributed by atoms with Gasteiger partial charge in [-0.1, -0.05) is 30.3 Å². The summed E-state index contributed by atoms with van der Waals surface area (Å²) in [6.45, 7) is 0.768. The normalized spacial score (nSPS) is 14.3. The van der Waals surface area contributed by atoms with Crippen LogP contribution in [0.3, 0.4) is 0 Å². The van der Waals surface area contributed by atoms with Crippen LogP contribution in [-0.4, -0.2) is 36.0 Å². The van der Waals surface area contributed by atoms with Crippen LogP contribution >= 0.6 is 0 Å². The second kappa shape index (κ2) is 7.75. The van der Waals surface area contributed by atoms with Gasteiger partial charge >= 0.3 is 0 Å². The first-order chi connectivity index (χ1) is 15.1. The van der Waals surface area contributed by atoms with Crippen LogP contribution in [-0.2, 0) is 11.3 Å². The quantitative estimate of drug-likeness (QED) is 0.624. The molecule has 0 aromatic heterocycles. The molecule has 156 valence electrons. The molecule has 3 aromatic carbocycles. The van der Waals surface area contributed by atoms with Crippen molar-refractivity contribution in [1.29, 1.82) is 0 Å². The van der Waals surface area contributed by atoms with Crippen LogP contribution in [0.2, 0.25) is 0 Å². The zero-order chi connectivity index (χ0) is 21.4. The van der Waals surface area contributed by atoms with E-state index in [1.54, 1.807) is 12.1 Å². The summed E-state index contributed by atoms with van der Waals surface area (Å²) >= 11 is 0. The summed E-state index contributed by atoms with van der Waals surface area (Å²) in [5.41, 5.74) is 1.96. The van der Waals surface area contributed by atoms with Gasteiger partial charge < -0.3 is 14.8 Å². The molecule has 3 amide bonds. The maximum Gasteiger partial charge on any atom is 0.261 e. The Labute approximate surface area is 178 Å². The lowest BCUT2D eigenvalue weighted by atomic mass is 9.94. The van der Waals surface area contributed by atoms with E-state index in [2.05, 4.69) is 5.32 Å². The number of benzene rings is 3. The lowest BCUT2D eigenvalue weighted by molar-refractivity contribution is -0.121. The lowest BCUT2D eigenvalue weighted by Crippen LogP contribution is -2.41. The first kappa shape index (κ1) is 19.1. The summed E-state index contributed by atoms with van der Waals surface area (Å²) in [5, 5.41) is 4.44. The number of hydrogen-bond acceptors (Lipinski definition) is 5. The topological polar surface area (TPSA) is 84.9 Å². The van der Waals surface area contributed by atoms with E-state index in [1.807, 2.05) is 42.5 Å². The van der Waals surface area contributed by atoms with Crippen LogP contribution in [0.4, 0.5) is 0 Å². The summed E-state index contributed by atoms with van der Waals surface area (Å²) < 4.78 is 10.6. The molecule has 0 unspecified atom stereocenters. The molecule has 2 heterocycles. The van der Waals surface area contributed by atoms with Crippen molar-refractivity contribution in [3.05, 3.63) is 71.3 Å². The van der Waals surface area contributed by atoms with E-state index >= 15 is 0 Å². The molecule has 0 saturated carbocycles. The zero-order valence-corrected chi connectivity index (χ0v) is 16.7. The number of nitrogens with zero attached hydrogens (tertiary/aromatic N) is 1. The van der Waals surface area contributed by atoms with E-state index in [0.717, 1.165) is 10.9 Å². The Kier molecular flexibility index (Phi) is 4.78. The van der Waals surface area contributed by atoms with E-state index in [1.165, 1.54) is 4.90 Å². The fourth-order valence-corrected chi connectivity index (χ4v) is 4.02. The Morgan fingerprint density at radius 2 is 1.65 bits per heavy atom. The van der Waals surface area contributed by atoms with Gasteiger partial charge in [0.2, 0.25) is 12.7 Å². The lowest BCUT2D eigenvalue weighted by Gasteiger charge is -2.27. The molecule has 0 bridgehead atoms. The van der Waals surface area contributed by atoms with Crippen molar-refractivity contribution in [2.24, 2.45) is 0 Å². The van der Waals surface area contributed by atoms with E-state index < -0.39 is 0 Å². The zero-order valence-electron chi connectivity index (χ0n) is 16.7. The molecule has 0 radical (unpaired) electrons. The van der Waals surface area contributed by atoms with Gasteiger partial charge in [0, 0.05) is 36.0 Å². The van der Waals surface area contributed by atoms with Gasteiger partial charge in [-0.05, 0) is 41.6 Å². The van der Waals surface area contributed by atoms with Gasteiger partial charge in [0.05, 0.1) is 0 Å². The molecule has 7 nitrogen and oxygen atoms in total. The smallest absolute Gasteiger partial charge is 0.261 e. The predicted octanol–water partition coefficient (Wildman–Crippen LogP) is 3.26. The maximum atomic E-state index is 12.9. The minimum absolute atomic E-state index is 0.142. The monoisotopic (exact) mass is 416 g/mol. The van der Waals surface area contributed by atoms with Gasteiger partial charge in [-0.15, -0.1) is 0 Å². The number of nitrogens with one attached hydrogen (secondary N) is 1. The SMILES string of the molecule is O=C(CCCN1C(=O)c2cccc3cccc(c23)C1=O)NCc1ccc2c(c1)OCO2. The van der Waals surface area contributed by atoms with Gasteiger partial charge in [0.15, 0.2) is 11.5 Å². The number of ether oxygens (including phenoxy) is 2. The minimum atomic E-state index is -0.310. The van der Waals surface area contributed by atoms with E-state index in [-0.39, 0.29) is 37.5 Å². The van der Waals surface area contributed by atoms with Crippen molar-refractivity contribution in [2.45, 2.75) is 19.4 Å². The van der Waals surface area contributed by atoms with E-state index in [4.69, 9.17) is 9.47 Å².